The molecule has 1 N–H and O–H groups in total. The summed E-state index contributed by atoms with van der Waals surface area (Å²) in [6.45, 7) is 2.07. The summed E-state index contributed by atoms with van der Waals surface area (Å²) in [7, 11) is 0. The molecular weight excluding hydrogens is 204 g/mol. The molecule has 0 radical (unpaired) electrons. The summed E-state index contributed by atoms with van der Waals surface area (Å²) in [5.74, 6) is 0. The molecule has 0 bridgehead atoms. The van der Waals surface area contributed by atoms with Crippen LogP contribution in [-0.2, 0) is 4.74 Å². The van der Waals surface area contributed by atoms with Crippen LogP contribution >= 0.6 is 0 Å². The van der Waals surface area contributed by atoms with Gasteiger partial charge in [0.2, 0.25) is 0 Å². The number of hydrogen-bond acceptors (Lipinski definition) is 3. The summed E-state index contributed by atoms with van der Waals surface area (Å²) < 4.78 is 4.62. The third-order valence-electron chi connectivity index (χ3n) is 1.68. The van der Waals surface area contributed by atoms with Gasteiger partial charge in [0.05, 0.1) is 6.61 Å². The zero-order chi connectivity index (χ0) is 11.6. The van der Waals surface area contributed by atoms with E-state index in [1.54, 1.807) is 13.0 Å². The van der Waals surface area contributed by atoms with Crippen molar-refractivity contribution in [2.45, 2.75) is 6.92 Å². The molecule has 1 aromatic rings. The van der Waals surface area contributed by atoms with Crippen LogP contribution in [-0.4, -0.2) is 18.9 Å². The van der Waals surface area contributed by atoms with Gasteiger partial charge in [-0.2, -0.15) is 5.10 Å². The molecule has 1 rings (SSSR count). The lowest BCUT2D eigenvalue weighted by molar-refractivity contribution is 0.152. The first kappa shape index (κ1) is 12.0. The number of nitrogens with one attached hydrogen (secondary N) is 1. The lowest BCUT2D eigenvalue weighted by Gasteiger charge is -1.97. The fourth-order valence-corrected chi connectivity index (χ4v) is 1.01. The van der Waals surface area contributed by atoms with Crippen molar-refractivity contribution in [1.29, 1.82) is 0 Å². The highest BCUT2D eigenvalue weighted by Crippen LogP contribution is 1.99. The summed E-state index contributed by atoms with van der Waals surface area (Å²) in [6, 6.07) is 9.81. The molecule has 1 aromatic carbocycles. The largest absolute Gasteiger partial charge is 0.449 e. The Morgan fingerprint density at radius 2 is 2.19 bits per heavy atom. The fourth-order valence-electron chi connectivity index (χ4n) is 1.01. The van der Waals surface area contributed by atoms with Crippen LogP contribution in [0.2, 0.25) is 0 Å². The second-order valence-corrected chi connectivity index (χ2v) is 2.88. The van der Waals surface area contributed by atoms with E-state index in [0.717, 1.165) is 5.56 Å². The number of nitrogens with zero attached hydrogens (tertiary/aromatic N) is 1. The maximum Gasteiger partial charge on any atom is 0.427 e. The van der Waals surface area contributed by atoms with Gasteiger partial charge in [-0.15, -0.1) is 0 Å². The molecule has 16 heavy (non-hydrogen) atoms. The summed E-state index contributed by atoms with van der Waals surface area (Å²) in [6.07, 6.45) is 4.56. The Labute approximate surface area is 94.6 Å². The Hall–Kier alpha value is -2.10. The van der Waals surface area contributed by atoms with Gasteiger partial charge in [0.1, 0.15) is 0 Å². The maximum atomic E-state index is 10.8. The smallest absolute Gasteiger partial charge is 0.427 e. The van der Waals surface area contributed by atoms with Crippen molar-refractivity contribution in [3.8, 4) is 0 Å². The lowest BCUT2D eigenvalue weighted by Crippen LogP contribution is -2.18. The van der Waals surface area contributed by atoms with Crippen LogP contribution in [0.25, 0.3) is 6.08 Å². The van der Waals surface area contributed by atoms with Crippen molar-refractivity contribution in [3.63, 3.8) is 0 Å². The number of carbonyl (C=O) groups is 1. The van der Waals surface area contributed by atoms with Gasteiger partial charge in [-0.3, -0.25) is 0 Å². The quantitative estimate of drug-likeness (QED) is 0.623. The molecule has 1 amide bonds. The molecule has 0 aromatic heterocycles. The van der Waals surface area contributed by atoms with E-state index in [1.165, 1.54) is 6.21 Å². The lowest BCUT2D eigenvalue weighted by atomic mass is 10.2. The first-order chi connectivity index (χ1) is 7.83. The number of hydrazone groups is 1. The highest BCUT2D eigenvalue weighted by Gasteiger charge is 1.93. The molecule has 0 fully saturated rings. The predicted molar refractivity (Wildman–Crippen MR) is 64.1 cm³/mol. The van der Waals surface area contributed by atoms with Crippen molar-refractivity contribution in [2.24, 2.45) is 5.10 Å². The number of rotatable bonds is 4. The van der Waals surface area contributed by atoms with Crippen LogP contribution in [0, 0.1) is 0 Å². The van der Waals surface area contributed by atoms with Gasteiger partial charge in [-0.1, -0.05) is 36.4 Å². The molecule has 0 atom stereocenters. The van der Waals surface area contributed by atoms with Crippen LogP contribution in [0.1, 0.15) is 12.5 Å². The van der Waals surface area contributed by atoms with E-state index in [1.807, 2.05) is 36.4 Å². The van der Waals surface area contributed by atoms with E-state index in [0.29, 0.717) is 6.61 Å². The number of benzene rings is 1. The van der Waals surface area contributed by atoms with Crippen LogP contribution in [0.5, 0.6) is 0 Å². The minimum atomic E-state index is -0.549. The van der Waals surface area contributed by atoms with Gasteiger partial charge in [0, 0.05) is 6.21 Å². The topological polar surface area (TPSA) is 50.7 Å². The van der Waals surface area contributed by atoms with Gasteiger partial charge in [-0.25, -0.2) is 10.2 Å². The van der Waals surface area contributed by atoms with Gasteiger partial charge < -0.3 is 4.74 Å². The van der Waals surface area contributed by atoms with Crippen molar-refractivity contribution in [1.82, 2.24) is 5.43 Å². The number of ether oxygens (including phenoxy) is 1. The van der Waals surface area contributed by atoms with E-state index in [2.05, 4.69) is 15.3 Å². The summed E-state index contributed by atoms with van der Waals surface area (Å²) in [5, 5.41) is 3.67. The highest BCUT2D eigenvalue weighted by atomic mass is 16.5. The summed E-state index contributed by atoms with van der Waals surface area (Å²) >= 11 is 0. The normalized spacial score (nSPS) is 10.8. The van der Waals surface area contributed by atoms with E-state index in [-0.39, 0.29) is 0 Å². The molecule has 0 saturated heterocycles. The SMILES string of the molecule is CCOC(=O)NN=C/C=C/c1ccccc1. The Morgan fingerprint density at radius 3 is 2.88 bits per heavy atom. The molecule has 0 aliphatic rings. The molecular formula is C12H14N2O2. The number of amides is 1. The van der Waals surface area contributed by atoms with Crippen molar-refractivity contribution < 1.29 is 9.53 Å². The van der Waals surface area contributed by atoms with Crippen molar-refractivity contribution >= 4 is 18.4 Å². The predicted octanol–water partition coefficient (Wildman–Crippen LogP) is 2.43. The van der Waals surface area contributed by atoms with Crippen molar-refractivity contribution in [2.75, 3.05) is 6.61 Å². The van der Waals surface area contributed by atoms with Crippen LogP contribution < -0.4 is 5.43 Å². The van der Waals surface area contributed by atoms with Crippen molar-refractivity contribution in [3.05, 3.63) is 42.0 Å². The molecule has 0 heterocycles. The number of allylic oxidation sites excluding steroid dienone is 1. The molecule has 84 valence electrons. The van der Waals surface area contributed by atoms with Gasteiger partial charge in [0.25, 0.3) is 0 Å². The highest BCUT2D eigenvalue weighted by molar-refractivity contribution is 5.79. The Kier molecular flexibility index (Phi) is 5.41. The zero-order valence-electron chi connectivity index (χ0n) is 9.09. The first-order valence-corrected chi connectivity index (χ1v) is 5.00. The zero-order valence-corrected chi connectivity index (χ0v) is 9.09. The minimum absolute atomic E-state index is 0.335. The third-order valence-corrected chi connectivity index (χ3v) is 1.68. The number of hydrogen-bond donors (Lipinski definition) is 1. The fraction of sp³-hybridized carbons (Fsp3) is 0.167. The Bertz CT molecular complexity index is 372. The average molecular weight is 218 g/mol. The Morgan fingerprint density at radius 1 is 1.44 bits per heavy atom. The molecule has 0 spiro atoms. The molecule has 0 saturated carbocycles. The van der Waals surface area contributed by atoms with E-state index >= 15 is 0 Å². The summed E-state index contributed by atoms with van der Waals surface area (Å²) in [5.41, 5.74) is 3.30. The van der Waals surface area contributed by atoms with E-state index in [9.17, 15) is 4.79 Å². The van der Waals surface area contributed by atoms with E-state index < -0.39 is 6.09 Å². The molecule has 0 aliphatic heterocycles. The molecule has 4 nitrogen and oxygen atoms in total. The minimum Gasteiger partial charge on any atom is -0.449 e. The number of carbonyl (C=O) groups excluding carboxylic acids is 1. The average Bonchev–Trinajstić information content (AvgIpc) is 2.30. The van der Waals surface area contributed by atoms with Gasteiger partial charge >= 0.3 is 6.09 Å². The van der Waals surface area contributed by atoms with Crippen LogP contribution in [0.3, 0.4) is 0 Å². The van der Waals surface area contributed by atoms with Crippen LogP contribution in [0.15, 0.2) is 41.5 Å². The monoisotopic (exact) mass is 218 g/mol. The summed E-state index contributed by atoms with van der Waals surface area (Å²) in [4.78, 5) is 10.8. The third kappa shape index (κ3) is 4.95. The van der Waals surface area contributed by atoms with E-state index in [4.69, 9.17) is 0 Å². The molecule has 0 unspecified atom stereocenters. The van der Waals surface area contributed by atoms with Gasteiger partial charge in [-0.05, 0) is 18.6 Å². The Balaban J connectivity index is 2.32. The molecule has 0 aliphatic carbocycles. The van der Waals surface area contributed by atoms with Crippen LogP contribution in [0.4, 0.5) is 4.79 Å². The standard InChI is InChI=1S/C12H14N2O2/c1-2-16-12(15)14-13-10-6-9-11-7-4-3-5-8-11/h3-10H,2H2,1H3,(H,14,15)/b9-6+,13-10?. The maximum absolute atomic E-state index is 10.8. The molecule has 4 heteroatoms. The van der Waals surface area contributed by atoms with Gasteiger partial charge in [0.15, 0.2) is 0 Å². The first-order valence-electron chi connectivity index (χ1n) is 5.00. The second-order valence-electron chi connectivity index (χ2n) is 2.88. The second kappa shape index (κ2) is 7.23.